The number of hydrogen-bond donors (Lipinski definition) is 4. The second-order valence-electron chi connectivity index (χ2n) is 13.5. The summed E-state index contributed by atoms with van der Waals surface area (Å²) in [7, 11) is -4.72. The van der Waals surface area contributed by atoms with Crippen LogP contribution in [0.25, 0.3) is 0 Å². The minimum atomic E-state index is -4.72. The lowest BCUT2D eigenvalue weighted by Crippen LogP contribution is -2.43. The van der Waals surface area contributed by atoms with Gasteiger partial charge in [0.25, 0.3) is 0 Å². The number of unbranched alkanes of at least 4 members (excludes halogenated alkanes) is 23. The summed E-state index contributed by atoms with van der Waals surface area (Å²) in [6.45, 7) is 2.30. The number of aliphatic hydroxyl groups is 1. The molecule has 0 bridgehead atoms. The second-order valence-corrected chi connectivity index (χ2v) is 14.9. The molecule has 0 aromatic carbocycles. The predicted octanol–water partition coefficient (Wildman–Crippen LogP) is 9.17. The standard InChI is InChI=1S/C37H72NO10P/c1-3-5-7-8-9-10-11-12-13-14-15-16-17-18-19-20-21-22-23-24-25-26-27-28-35(40)38-34(37(42)43)32-48-49(44,45)47-31-33(39)30-46-36(41)29-6-4-2/h33-34,39H,3-32H2,1-2H3,(H,38,40)(H,42,43)(H,44,45). The minimum absolute atomic E-state index is 0.152. The summed E-state index contributed by atoms with van der Waals surface area (Å²) in [5.41, 5.74) is 0. The van der Waals surface area contributed by atoms with E-state index in [1.54, 1.807) is 0 Å². The number of hydrogen-bond acceptors (Lipinski definition) is 8. The molecule has 0 aliphatic carbocycles. The number of aliphatic hydroxyl groups excluding tert-OH is 1. The number of rotatable bonds is 37. The van der Waals surface area contributed by atoms with Gasteiger partial charge in [-0.2, -0.15) is 0 Å². The first-order chi connectivity index (χ1) is 23.6. The first-order valence-corrected chi connectivity index (χ1v) is 21.1. The van der Waals surface area contributed by atoms with Gasteiger partial charge < -0.3 is 25.2 Å². The lowest BCUT2D eigenvalue weighted by molar-refractivity contribution is -0.147. The quantitative estimate of drug-likeness (QED) is 0.0276. The lowest BCUT2D eigenvalue weighted by Gasteiger charge is -2.18. The third-order valence-corrected chi connectivity index (χ3v) is 9.60. The maximum atomic E-state index is 12.2. The first-order valence-electron chi connectivity index (χ1n) is 19.6. The second kappa shape index (κ2) is 33.6. The zero-order valence-corrected chi connectivity index (χ0v) is 31.9. The van der Waals surface area contributed by atoms with E-state index in [0.717, 1.165) is 25.7 Å². The molecule has 12 heteroatoms. The highest BCUT2D eigenvalue weighted by Crippen LogP contribution is 2.43. The molecule has 0 spiro atoms. The molecular weight excluding hydrogens is 649 g/mol. The van der Waals surface area contributed by atoms with E-state index >= 15 is 0 Å². The maximum absolute atomic E-state index is 12.2. The Kier molecular flexibility index (Phi) is 32.6. The molecule has 0 radical (unpaired) electrons. The molecule has 0 fully saturated rings. The van der Waals surface area contributed by atoms with Crippen molar-refractivity contribution in [3.05, 3.63) is 0 Å². The summed E-state index contributed by atoms with van der Waals surface area (Å²) in [6.07, 6.45) is 30.0. The van der Waals surface area contributed by atoms with E-state index in [-0.39, 0.29) is 12.8 Å². The van der Waals surface area contributed by atoms with E-state index in [4.69, 9.17) is 9.26 Å². The fourth-order valence-corrected chi connectivity index (χ4v) is 6.30. The Morgan fingerprint density at radius 1 is 0.571 bits per heavy atom. The van der Waals surface area contributed by atoms with Crippen molar-refractivity contribution in [3.63, 3.8) is 0 Å². The van der Waals surface area contributed by atoms with Crippen molar-refractivity contribution in [3.8, 4) is 0 Å². The van der Waals surface area contributed by atoms with Crippen molar-refractivity contribution in [1.82, 2.24) is 5.32 Å². The molecule has 0 saturated carbocycles. The number of amides is 1. The highest BCUT2D eigenvalue weighted by atomic mass is 31.2. The van der Waals surface area contributed by atoms with E-state index in [9.17, 15) is 34.1 Å². The van der Waals surface area contributed by atoms with Gasteiger partial charge in [0, 0.05) is 12.8 Å². The van der Waals surface area contributed by atoms with E-state index in [1.165, 1.54) is 122 Å². The Bertz CT molecular complexity index is 859. The topological polar surface area (TPSA) is 169 Å². The number of phosphoric ester groups is 1. The van der Waals surface area contributed by atoms with E-state index < -0.39 is 57.6 Å². The number of carbonyl (C=O) groups is 3. The zero-order chi connectivity index (χ0) is 36.4. The van der Waals surface area contributed by atoms with Gasteiger partial charge in [0.1, 0.15) is 12.7 Å². The van der Waals surface area contributed by atoms with Crippen molar-refractivity contribution >= 4 is 25.7 Å². The highest BCUT2D eigenvalue weighted by molar-refractivity contribution is 7.47. The highest BCUT2D eigenvalue weighted by Gasteiger charge is 2.28. The average molecular weight is 722 g/mol. The number of aliphatic carboxylic acids is 1. The number of nitrogens with one attached hydrogen (secondary N) is 1. The summed E-state index contributed by atoms with van der Waals surface area (Å²) in [4.78, 5) is 45.1. The molecule has 11 nitrogen and oxygen atoms in total. The van der Waals surface area contributed by atoms with Gasteiger partial charge in [0.2, 0.25) is 5.91 Å². The van der Waals surface area contributed by atoms with Gasteiger partial charge in [-0.1, -0.05) is 162 Å². The summed E-state index contributed by atoms with van der Waals surface area (Å²) in [5.74, 6) is -2.40. The molecule has 4 N–H and O–H groups in total. The number of esters is 1. The van der Waals surface area contributed by atoms with Crippen molar-refractivity contribution in [2.45, 2.75) is 199 Å². The average Bonchev–Trinajstić information content (AvgIpc) is 3.07. The molecule has 0 aromatic heterocycles. The molecule has 0 aliphatic heterocycles. The van der Waals surface area contributed by atoms with Crippen molar-refractivity contribution < 1.29 is 47.8 Å². The van der Waals surface area contributed by atoms with E-state index in [2.05, 4.69) is 16.8 Å². The van der Waals surface area contributed by atoms with Crippen LogP contribution < -0.4 is 5.32 Å². The monoisotopic (exact) mass is 721 g/mol. The Balaban J connectivity index is 3.72. The largest absolute Gasteiger partial charge is 0.480 e. The fraction of sp³-hybridized carbons (Fsp3) is 0.919. The van der Waals surface area contributed by atoms with Gasteiger partial charge in [0.15, 0.2) is 6.04 Å². The molecular formula is C37H72NO10P. The predicted molar refractivity (Wildman–Crippen MR) is 194 cm³/mol. The third kappa shape index (κ3) is 33.4. The van der Waals surface area contributed by atoms with Crippen LogP contribution in [0, 0.1) is 0 Å². The summed E-state index contributed by atoms with van der Waals surface area (Å²) >= 11 is 0. The van der Waals surface area contributed by atoms with Crippen LogP contribution in [-0.2, 0) is 32.7 Å². The van der Waals surface area contributed by atoms with E-state index in [0.29, 0.717) is 12.8 Å². The molecule has 0 heterocycles. The number of carboxylic acids is 1. The molecule has 0 aromatic rings. The van der Waals surface area contributed by atoms with Crippen LogP contribution in [0.1, 0.15) is 187 Å². The van der Waals surface area contributed by atoms with Crippen LogP contribution >= 0.6 is 7.82 Å². The van der Waals surface area contributed by atoms with Crippen LogP contribution in [-0.4, -0.2) is 64.9 Å². The Hall–Kier alpha value is -1.52. The Morgan fingerprint density at radius 3 is 1.37 bits per heavy atom. The zero-order valence-electron chi connectivity index (χ0n) is 31.0. The number of carbonyl (C=O) groups excluding carboxylic acids is 2. The van der Waals surface area contributed by atoms with Crippen LogP contribution in [0.2, 0.25) is 0 Å². The molecule has 3 unspecified atom stereocenters. The molecule has 1 amide bonds. The van der Waals surface area contributed by atoms with Gasteiger partial charge in [-0.25, -0.2) is 9.36 Å². The maximum Gasteiger partial charge on any atom is 0.472 e. The van der Waals surface area contributed by atoms with Gasteiger partial charge in [-0.15, -0.1) is 0 Å². The first kappa shape index (κ1) is 47.5. The van der Waals surface area contributed by atoms with Gasteiger partial charge >= 0.3 is 19.8 Å². The SMILES string of the molecule is CCCCCCCCCCCCCCCCCCCCCCCCCC(=O)NC(COP(=O)(O)OCC(O)COC(=O)CCCC)C(=O)O. The van der Waals surface area contributed by atoms with E-state index in [1.807, 2.05) is 6.92 Å². The number of phosphoric acid groups is 1. The molecule has 3 atom stereocenters. The van der Waals surface area contributed by atoms with Crippen molar-refractivity contribution in [2.75, 3.05) is 19.8 Å². The molecule has 0 aliphatic rings. The normalized spacial score (nSPS) is 13.9. The Labute approximate surface area is 297 Å². The minimum Gasteiger partial charge on any atom is -0.480 e. The van der Waals surface area contributed by atoms with Crippen LogP contribution in [0.4, 0.5) is 0 Å². The number of ether oxygens (including phenoxy) is 1. The molecule has 0 saturated heterocycles. The summed E-state index contributed by atoms with van der Waals surface area (Å²) in [6, 6.07) is -1.54. The number of carboxylic acid groups (broad SMARTS) is 1. The fourth-order valence-electron chi connectivity index (χ4n) is 5.53. The summed E-state index contributed by atoms with van der Waals surface area (Å²) < 4.78 is 26.3. The lowest BCUT2D eigenvalue weighted by atomic mass is 10.0. The Morgan fingerprint density at radius 2 is 0.959 bits per heavy atom. The summed E-state index contributed by atoms with van der Waals surface area (Å²) in [5, 5.41) is 21.5. The third-order valence-electron chi connectivity index (χ3n) is 8.65. The van der Waals surface area contributed by atoms with Crippen LogP contribution in [0.5, 0.6) is 0 Å². The van der Waals surface area contributed by atoms with Gasteiger partial charge in [-0.05, 0) is 12.8 Å². The molecule has 290 valence electrons. The van der Waals surface area contributed by atoms with Gasteiger partial charge in [0.05, 0.1) is 13.2 Å². The van der Waals surface area contributed by atoms with Crippen molar-refractivity contribution in [2.24, 2.45) is 0 Å². The van der Waals surface area contributed by atoms with Crippen LogP contribution in [0.15, 0.2) is 0 Å². The molecule has 0 rings (SSSR count). The smallest absolute Gasteiger partial charge is 0.472 e. The van der Waals surface area contributed by atoms with Gasteiger partial charge in [-0.3, -0.25) is 18.6 Å². The van der Waals surface area contributed by atoms with Crippen molar-refractivity contribution in [1.29, 1.82) is 0 Å². The molecule has 49 heavy (non-hydrogen) atoms. The van der Waals surface area contributed by atoms with Crippen LogP contribution in [0.3, 0.4) is 0 Å².